The fourth-order valence-corrected chi connectivity index (χ4v) is 3.87. The van der Waals surface area contributed by atoms with Crippen LogP contribution in [0, 0.1) is 0 Å². The zero-order valence-electron chi connectivity index (χ0n) is 22.3. The van der Waals surface area contributed by atoms with E-state index >= 15 is 0 Å². The number of likely N-dealkylation sites (N-methyl/N-ethyl adjacent to an activating group) is 1. The molecule has 0 aliphatic carbocycles. The molecule has 3 rings (SSSR count). The van der Waals surface area contributed by atoms with Gasteiger partial charge < -0.3 is 30.5 Å². The molecule has 200 valence electrons. The summed E-state index contributed by atoms with van der Waals surface area (Å²) < 4.78 is 5.39. The third-order valence-corrected chi connectivity index (χ3v) is 6.15. The van der Waals surface area contributed by atoms with E-state index in [-0.39, 0.29) is 11.8 Å². The zero-order valence-corrected chi connectivity index (χ0v) is 22.3. The van der Waals surface area contributed by atoms with E-state index in [1.54, 1.807) is 66.5 Å². The summed E-state index contributed by atoms with van der Waals surface area (Å²) in [5.74, 6) is -0.00144. The van der Waals surface area contributed by atoms with Crippen LogP contribution in [0.1, 0.15) is 34.6 Å². The van der Waals surface area contributed by atoms with E-state index in [2.05, 4.69) is 34.7 Å². The van der Waals surface area contributed by atoms with Crippen LogP contribution in [0.15, 0.2) is 72.8 Å². The minimum absolute atomic E-state index is 0.126. The Kier molecular flexibility index (Phi) is 10.2. The van der Waals surface area contributed by atoms with Gasteiger partial charge in [0.25, 0.3) is 11.8 Å². The number of ether oxygens (including phenoxy) is 1. The molecular formula is C29H35N5O4. The lowest BCUT2D eigenvalue weighted by Gasteiger charge is -2.18. The van der Waals surface area contributed by atoms with Crippen molar-refractivity contribution in [1.29, 1.82) is 0 Å². The average Bonchev–Trinajstić information content (AvgIpc) is 2.95. The van der Waals surface area contributed by atoms with Gasteiger partial charge in [-0.3, -0.25) is 9.59 Å². The predicted molar refractivity (Wildman–Crippen MR) is 151 cm³/mol. The third-order valence-electron chi connectivity index (χ3n) is 6.15. The Labute approximate surface area is 223 Å². The van der Waals surface area contributed by atoms with Crippen LogP contribution in [0.2, 0.25) is 0 Å². The van der Waals surface area contributed by atoms with Crippen LogP contribution < -0.4 is 25.6 Å². The summed E-state index contributed by atoms with van der Waals surface area (Å²) in [5.41, 5.74) is 2.71. The zero-order chi connectivity index (χ0) is 27.5. The Balaban J connectivity index is 1.57. The van der Waals surface area contributed by atoms with E-state index in [0.29, 0.717) is 40.5 Å². The number of amides is 4. The molecule has 0 atom stereocenters. The number of urea groups is 1. The summed E-state index contributed by atoms with van der Waals surface area (Å²) in [7, 11) is 3.18. The Hall–Kier alpha value is -4.37. The molecule has 0 aliphatic rings. The highest BCUT2D eigenvalue weighted by atomic mass is 16.5. The number of carbonyl (C=O) groups excluding carboxylic acids is 3. The van der Waals surface area contributed by atoms with Gasteiger partial charge in [-0.15, -0.1) is 0 Å². The van der Waals surface area contributed by atoms with Gasteiger partial charge in [0, 0.05) is 48.8 Å². The number of methoxy groups -OCH3 is 1. The molecule has 9 heteroatoms. The monoisotopic (exact) mass is 517 g/mol. The first-order valence-corrected chi connectivity index (χ1v) is 12.6. The molecule has 38 heavy (non-hydrogen) atoms. The van der Waals surface area contributed by atoms with Gasteiger partial charge in [-0.1, -0.05) is 32.0 Å². The molecule has 3 aromatic carbocycles. The van der Waals surface area contributed by atoms with Crippen molar-refractivity contribution in [1.82, 2.24) is 10.2 Å². The second-order valence-electron chi connectivity index (χ2n) is 8.55. The highest BCUT2D eigenvalue weighted by molar-refractivity contribution is 6.06. The van der Waals surface area contributed by atoms with Gasteiger partial charge in [0.1, 0.15) is 5.75 Å². The first-order valence-electron chi connectivity index (χ1n) is 12.6. The van der Waals surface area contributed by atoms with Gasteiger partial charge in [-0.25, -0.2) is 4.79 Å². The molecule has 3 aromatic rings. The number of nitrogens with zero attached hydrogens (tertiary/aromatic N) is 2. The molecule has 0 heterocycles. The minimum Gasteiger partial charge on any atom is -0.496 e. The largest absolute Gasteiger partial charge is 0.496 e. The standard InChI is InChI=1S/C29H35N5O4/c1-5-34(6-2)19-18-30-27(35)25-17-14-23(20-26(25)38-4)32-29(37)31-22-12-15-24(16-13-22)33(3)28(36)21-10-8-7-9-11-21/h7-17,20H,5-6,18-19H2,1-4H3,(H,30,35)(H2,31,32,37). The van der Waals surface area contributed by atoms with E-state index in [0.717, 1.165) is 19.6 Å². The number of benzene rings is 3. The molecule has 0 saturated carbocycles. The highest BCUT2D eigenvalue weighted by Gasteiger charge is 2.15. The molecule has 4 amide bonds. The number of rotatable bonds is 11. The van der Waals surface area contributed by atoms with Crippen molar-refractivity contribution < 1.29 is 19.1 Å². The van der Waals surface area contributed by atoms with Crippen LogP contribution in [0.4, 0.5) is 21.9 Å². The number of carbonyl (C=O) groups is 3. The topological polar surface area (TPSA) is 103 Å². The quantitative estimate of drug-likeness (QED) is 0.343. The Bertz CT molecular complexity index is 1230. The fourth-order valence-electron chi connectivity index (χ4n) is 3.87. The van der Waals surface area contributed by atoms with Crippen molar-refractivity contribution in [3.63, 3.8) is 0 Å². The molecule has 0 saturated heterocycles. The summed E-state index contributed by atoms with van der Waals surface area (Å²) >= 11 is 0. The summed E-state index contributed by atoms with van der Waals surface area (Å²) in [4.78, 5) is 41.6. The molecule has 0 aromatic heterocycles. The number of anilines is 3. The summed E-state index contributed by atoms with van der Waals surface area (Å²) in [6, 6.07) is 20.4. The van der Waals surface area contributed by atoms with Gasteiger partial charge in [0.15, 0.2) is 0 Å². The maximum atomic E-state index is 12.6. The van der Waals surface area contributed by atoms with Crippen LogP contribution in [0.3, 0.4) is 0 Å². The van der Waals surface area contributed by atoms with Crippen LogP contribution >= 0.6 is 0 Å². The summed E-state index contributed by atoms with van der Waals surface area (Å²) in [6.45, 7) is 7.31. The predicted octanol–water partition coefficient (Wildman–Crippen LogP) is 4.69. The van der Waals surface area contributed by atoms with Crippen molar-refractivity contribution in [3.8, 4) is 5.75 Å². The Morgan fingerprint density at radius 3 is 2.11 bits per heavy atom. The second kappa shape index (κ2) is 13.8. The molecule has 3 N–H and O–H groups in total. The van der Waals surface area contributed by atoms with Crippen molar-refractivity contribution >= 4 is 34.9 Å². The minimum atomic E-state index is -0.454. The maximum absolute atomic E-state index is 12.6. The number of nitrogens with one attached hydrogen (secondary N) is 3. The first-order chi connectivity index (χ1) is 18.4. The van der Waals surface area contributed by atoms with E-state index in [4.69, 9.17) is 4.74 Å². The van der Waals surface area contributed by atoms with Crippen molar-refractivity contribution in [2.24, 2.45) is 0 Å². The van der Waals surface area contributed by atoms with E-state index in [1.165, 1.54) is 7.11 Å². The van der Waals surface area contributed by atoms with Crippen molar-refractivity contribution in [2.45, 2.75) is 13.8 Å². The van der Waals surface area contributed by atoms with Crippen molar-refractivity contribution in [2.75, 3.05) is 55.9 Å². The molecule has 0 fully saturated rings. The third kappa shape index (κ3) is 7.57. The van der Waals surface area contributed by atoms with Gasteiger partial charge in [-0.2, -0.15) is 0 Å². The Morgan fingerprint density at radius 1 is 0.842 bits per heavy atom. The molecule has 0 unspecified atom stereocenters. The number of hydrogen-bond acceptors (Lipinski definition) is 5. The lowest BCUT2D eigenvalue weighted by molar-refractivity contribution is 0.0944. The number of hydrogen-bond donors (Lipinski definition) is 3. The summed E-state index contributed by atoms with van der Waals surface area (Å²) in [5, 5.41) is 8.42. The van der Waals surface area contributed by atoms with Gasteiger partial charge in [-0.05, 0) is 61.6 Å². The van der Waals surface area contributed by atoms with Crippen LogP contribution in [-0.2, 0) is 0 Å². The molecule has 0 radical (unpaired) electrons. The highest BCUT2D eigenvalue weighted by Crippen LogP contribution is 2.24. The lowest BCUT2D eigenvalue weighted by Crippen LogP contribution is -2.34. The molecule has 0 spiro atoms. The van der Waals surface area contributed by atoms with E-state index < -0.39 is 6.03 Å². The first kappa shape index (κ1) is 28.2. The Morgan fingerprint density at radius 2 is 1.47 bits per heavy atom. The SMILES string of the molecule is CCN(CC)CCNC(=O)c1ccc(NC(=O)Nc2ccc(N(C)C(=O)c3ccccc3)cc2)cc1OC. The van der Waals surface area contributed by atoms with Gasteiger partial charge in [0.2, 0.25) is 0 Å². The van der Waals surface area contributed by atoms with Crippen molar-refractivity contribution in [3.05, 3.63) is 83.9 Å². The molecule has 0 bridgehead atoms. The average molecular weight is 518 g/mol. The molecular weight excluding hydrogens is 482 g/mol. The van der Waals surface area contributed by atoms with Crippen LogP contribution in [-0.4, -0.2) is 63.1 Å². The summed E-state index contributed by atoms with van der Waals surface area (Å²) in [6.07, 6.45) is 0. The fraction of sp³-hybridized carbons (Fsp3) is 0.276. The second-order valence-corrected chi connectivity index (χ2v) is 8.55. The maximum Gasteiger partial charge on any atom is 0.323 e. The van der Waals surface area contributed by atoms with E-state index in [9.17, 15) is 14.4 Å². The van der Waals surface area contributed by atoms with Crippen LogP contribution in [0.5, 0.6) is 5.75 Å². The van der Waals surface area contributed by atoms with Crippen LogP contribution in [0.25, 0.3) is 0 Å². The smallest absolute Gasteiger partial charge is 0.323 e. The molecule has 9 nitrogen and oxygen atoms in total. The van der Waals surface area contributed by atoms with Gasteiger partial charge in [0.05, 0.1) is 12.7 Å². The lowest BCUT2D eigenvalue weighted by atomic mass is 10.1. The van der Waals surface area contributed by atoms with E-state index in [1.807, 2.05) is 18.2 Å². The molecule has 0 aliphatic heterocycles. The normalized spacial score (nSPS) is 10.6. The van der Waals surface area contributed by atoms with Gasteiger partial charge >= 0.3 is 6.03 Å².